The van der Waals surface area contributed by atoms with Crippen molar-refractivity contribution >= 4 is 45.5 Å². The van der Waals surface area contributed by atoms with Crippen LogP contribution in [0.5, 0.6) is 0 Å². The van der Waals surface area contributed by atoms with E-state index >= 15 is 0 Å². The van der Waals surface area contributed by atoms with Gasteiger partial charge in [-0.05, 0) is 43.5 Å². The van der Waals surface area contributed by atoms with Crippen LogP contribution in [0.1, 0.15) is 24.8 Å². The molecule has 0 bridgehead atoms. The van der Waals surface area contributed by atoms with Gasteiger partial charge in [0.2, 0.25) is 5.91 Å². The Kier molecular flexibility index (Phi) is 7.40. The Bertz CT molecular complexity index is 1210. The van der Waals surface area contributed by atoms with E-state index in [4.69, 9.17) is 11.6 Å². The third kappa shape index (κ3) is 4.89. The molecule has 0 aliphatic carbocycles. The van der Waals surface area contributed by atoms with Crippen LogP contribution in [0.25, 0.3) is 16.3 Å². The van der Waals surface area contributed by atoms with Crippen LogP contribution in [-0.4, -0.2) is 65.4 Å². The second-order valence-electron chi connectivity index (χ2n) is 8.66. The number of aromatic nitrogens is 2. The lowest BCUT2D eigenvalue weighted by Crippen LogP contribution is -2.48. The van der Waals surface area contributed by atoms with Gasteiger partial charge in [-0.15, -0.1) is 10.2 Å². The summed E-state index contributed by atoms with van der Waals surface area (Å²) in [6, 6.07) is 3.49. The van der Waals surface area contributed by atoms with E-state index in [2.05, 4.69) is 39.7 Å². The lowest BCUT2D eigenvalue weighted by molar-refractivity contribution is -0.126. The predicted molar refractivity (Wildman–Crippen MR) is 140 cm³/mol. The van der Waals surface area contributed by atoms with E-state index < -0.39 is 5.83 Å². The van der Waals surface area contributed by atoms with Crippen LogP contribution in [0, 0.1) is 0 Å². The molecule has 0 unspecified atom stereocenters. The highest BCUT2D eigenvalue weighted by Crippen LogP contribution is 2.40. The molecule has 1 aromatic heterocycles. The number of benzene rings is 1. The molecule has 2 aliphatic heterocycles. The minimum Gasteiger partial charge on any atom is -0.507 e. The number of allylic oxidation sites excluding steroid dienone is 3. The van der Waals surface area contributed by atoms with E-state index in [9.17, 15) is 14.3 Å². The molecule has 0 atom stereocenters. The molecule has 0 radical (unpaired) electrons. The van der Waals surface area contributed by atoms with Crippen molar-refractivity contribution in [1.82, 2.24) is 15.1 Å². The number of carbonyl (C=O) groups excluding carboxylic acids is 1. The SMILES string of the molecule is C=CC(=O)N1CCN(c2nnc(N3CCCCC3)c3cc(/C(C(=C)F)=C(\O)C=C)c(Cl)cc23)CC1. The maximum Gasteiger partial charge on any atom is 0.246 e. The summed E-state index contributed by atoms with van der Waals surface area (Å²) in [6.45, 7) is 14.4. The fourth-order valence-corrected chi connectivity index (χ4v) is 4.96. The first kappa shape index (κ1) is 24.7. The lowest BCUT2D eigenvalue weighted by atomic mass is 9.99. The van der Waals surface area contributed by atoms with Crippen molar-refractivity contribution < 1.29 is 14.3 Å². The molecule has 0 spiro atoms. The summed E-state index contributed by atoms with van der Waals surface area (Å²) in [7, 11) is 0. The van der Waals surface area contributed by atoms with Crippen LogP contribution in [-0.2, 0) is 4.79 Å². The molecular formula is C26H29ClFN5O2. The van der Waals surface area contributed by atoms with Crippen molar-refractivity contribution in [3.8, 4) is 0 Å². The zero-order valence-corrected chi connectivity index (χ0v) is 20.4. The monoisotopic (exact) mass is 497 g/mol. The summed E-state index contributed by atoms with van der Waals surface area (Å²) in [4.78, 5) is 18.0. The number of carbonyl (C=O) groups is 1. The normalized spacial score (nSPS) is 17.3. The molecule has 3 heterocycles. The van der Waals surface area contributed by atoms with E-state index in [1.54, 1.807) is 17.0 Å². The Morgan fingerprint density at radius 2 is 1.51 bits per heavy atom. The Morgan fingerprint density at radius 1 is 0.943 bits per heavy atom. The summed E-state index contributed by atoms with van der Waals surface area (Å²) in [5.41, 5.74) is 0.203. The Hall–Kier alpha value is -3.39. The van der Waals surface area contributed by atoms with Crippen molar-refractivity contribution in [2.24, 2.45) is 0 Å². The van der Waals surface area contributed by atoms with Gasteiger partial charge in [0.25, 0.3) is 0 Å². The molecule has 0 saturated carbocycles. The van der Waals surface area contributed by atoms with Gasteiger partial charge in [0.05, 0.1) is 5.57 Å². The molecular weight excluding hydrogens is 469 g/mol. The van der Waals surface area contributed by atoms with E-state index in [0.717, 1.165) is 49.2 Å². The van der Waals surface area contributed by atoms with E-state index in [0.29, 0.717) is 43.4 Å². The van der Waals surface area contributed by atoms with Gasteiger partial charge in [-0.3, -0.25) is 4.79 Å². The number of aliphatic hydroxyl groups is 1. The molecule has 1 aromatic carbocycles. The van der Waals surface area contributed by atoms with E-state index in [1.165, 1.54) is 6.08 Å². The topological polar surface area (TPSA) is 72.8 Å². The van der Waals surface area contributed by atoms with Crippen molar-refractivity contribution in [3.05, 3.63) is 66.2 Å². The largest absolute Gasteiger partial charge is 0.507 e. The molecule has 184 valence electrons. The summed E-state index contributed by atoms with van der Waals surface area (Å²) >= 11 is 6.64. The van der Waals surface area contributed by atoms with Gasteiger partial charge in [-0.25, -0.2) is 4.39 Å². The second-order valence-corrected chi connectivity index (χ2v) is 9.07. The van der Waals surface area contributed by atoms with Gasteiger partial charge in [0.15, 0.2) is 11.6 Å². The third-order valence-electron chi connectivity index (χ3n) is 6.54. The molecule has 9 heteroatoms. The highest BCUT2D eigenvalue weighted by Gasteiger charge is 2.26. The van der Waals surface area contributed by atoms with Crippen molar-refractivity contribution in [2.75, 3.05) is 49.1 Å². The second kappa shape index (κ2) is 10.5. The molecule has 2 saturated heterocycles. The number of piperidine rings is 1. The van der Waals surface area contributed by atoms with Gasteiger partial charge in [0, 0.05) is 60.6 Å². The summed E-state index contributed by atoms with van der Waals surface area (Å²) in [5, 5.41) is 21.3. The third-order valence-corrected chi connectivity index (χ3v) is 6.85. The van der Waals surface area contributed by atoms with Gasteiger partial charge in [-0.1, -0.05) is 31.3 Å². The quantitative estimate of drug-likeness (QED) is 0.342. The first-order chi connectivity index (χ1) is 16.8. The Labute approximate surface area is 209 Å². The molecule has 1 N–H and O–H groups in total. The number of hydrogen-bond acceptors (Lipinski definition) is 6. The van der Waals surface area contributed by atoms with Crippen molar-refractivity contribution in [1.29, 1.82) is 0 Å². The van der Waals surface area contributed by atoms with Crippen molar-refractivity contribution in [2.45, 2.75) is 19.3 Å². The van der Waals surface area contributed by atoms with Crippen LogP contribution < -0.4 is 9.80 Å². The predicted octanol–water partition coefficient (Wildman–Crippen LogP) is 5.05. The number of aliphatic hydroxyl groups excluding tert-OH is 1. The number of anilines is 2. The Morgan fingerprint density at radius 3 is 2.06 bits per heavy atom. The number of halogens is 2. The highest BCUT2D eigenvalue weighted by atomic mass is 35.5. The van der Waals surface area contributed by atoms with Crippen LogP contribution in [0.4, 0.5) is 16.0 Å². The molecule has 35 heavy (non-hydrogen) atoms. The number of amides is 1. The summed E-state index contributed by atoms with van der Waals surface area (Å²) in [6.07, 6.45) is 5.74. The average molecular weight is 498 g/mol. The maximum atomic E-state index is 14.4. The number of hydrogen-bond donors (Lipinski definition) is 1. The summed E-state index contributed by atoms with van der Waals surface area (Å²) < 4.78 is 14.4. The number of piperazine rings is 1. The lowest BCUT2D eigenvalue weighted by Gasteiger charge is -2.36. The molecule has 2 aromatic rings. The van der Waals surface area contributed by atoms with Crippen LogP contribution in [0.2, 0.25) is 5.02 Å². The molecule has 2 fully saturated rings. The van der Waals surface area contributed by atoms with Crippen LogP contribution in [0.15, 0.2) is 55.6 Å². The average Bonchev–Trinajstić information content (AvgIpc) is 2.88. The minimum absolute atomic E-state index is 0.0958. The van der Waals surface area contributed by atoms with Gasteiger partial charge in [0.1, 0.15) is 11.6 Å². The number of fused-ring (bicyclic) bond motifs is 1. The molecule has 7 nitrogen and oxygen atoms in total. The molecule has 4 rings (SSSR count). The van der Waals surface area contributed by atoms with Crippen molar-refractivity contribution in [3.63, 3.8) is 0 Å². The zero-order chi connectivity index (χ0) is 25.1. The van der Waals surface area contributed by atoms with Gasteiger partial charge >= 0.3 is 0 Å². The van der Waals surface area contributed by atoms with E-state index in [-0.39, 0.29) is 22.3 Å². The Balaban J connectivity index is 1.85. The highest BCUT2D eigenvalue weighted by molar-refractivity contribution is 6.33. The summed E-state index contributed by atoms with van der Waals surface area (Å²) in [5.74, 6) is 0.0969. The smallest absolute Gasteiger partial charge is 0.246 e. The minimum atomic E-state index is -0.812. The first-order valence-electron chi connectivity index (χ1n) is 11.7. The van der Waals surface area contributed by atoms with Crippen LogP contribution in [0.3, 0.4) is 0 Å². The van der Waals surface area contributed by atoms with Gasteiger partial charge in [-0.2, -0.15) is 0 Å². The van der Waals surface area contributed by atoms with Crippen LogP contribution >= 0.6 is 11.6 Å². The standard InChI is InChI=1S/C26H29ClFN5O2/c1-4-22(34)24(17(3)28)20-15-18-19(16-21(20)27)26(30-29-25(18)32-9-7-6-8-10-32)33-13-11-31(12-14-33)23(35)5-2/h4-5,15-16,34H,1-3,6-14H2/b24-22-. The first-order valence-corrected chi connectivity index (χ1v) is 12.1. The maximum absolute atomic E-state index is 14.4. The van der Waals surface area contributed by atoms with Gasteiger partial charge < -0.3 is 19.8 Å². The molecule has 1 amide bonds. The zero-order valence-electron chi connectivity index (χ0n) is 19.6. The fraction of sp³-hybridized carbons (Fsp3) is 0.346. The van der Waals surface area contributed by atoms with E-state index in [1.807, 2.05) is 0 Å². The fourth-order valence-electron chi connectivity index (χ4n) is 4.70. The number of nitrogens with zero attached hydrogens (tertiary/aromatic N) is 5. The molecule has 2 aliphatic rings. The number of rotatable bonds is 6.